The van der Waals surface area contributed by atoms with Crippen molar-refractivity contribution in [3.8, 4) is 33.9 Å². The van der Waals surface area contributed by atoms with Crippen molar-refractivity contribution in [2.45, 2.75) is 32.2 Å². The molecule has 6 aromatic rings. The van der Waals surface area contributed by atoms with Gasteiger partial charge in [0.15, 0.2) is 11.5 Å². The average Bonchev–Trinajstić information content (AvgIpc) is 3.73. The zero-order chi connectivity index (χ0) is 25.3. The van der Waals surface area contributed by atoms with Crippen LogP contribution in [0.5, 0.6) is 0 Å². The zero-order valence-corrected chi connectivity index (χ0v) is 20.9. The summed E-state index contributed by atoms with van der Waals surface area (Å²) in [5.41, 5.74) is 7.91. The summed E-state index contributed by atoms with van der Waals surface area (Å²) in [4.78, 5) is 26.3. The number of rotatable bonds is 7. The lowest BCUT2D eigenvalue weighted by Gasteiger charge is -2.11. The molecule has 1 aliphatic rings. The van der Waals surface area contributed by atoms with Gasteiger partial charge in [-0.15, -0.1) is 0 Å². The van der Waals surface area contributed by atoms with Gasteiger partial charge in [-0.1, -0.05) is 18.9 Å². The third-order valence-corrected chi connectivity index (χ3v) is 7.34. The van der Waals surface area contributed by atoms with E-state index >= 15 is 0 Å². The van der Waals surface area contributed by atoms with E-state index in [0.29, 0.717) is 17.2 Å². The monoisotopic (exact) mass is 501 g/mol. The van der Waals surface area contributed by atoms with Crippen LogP contribution < -0.4 is 5.32 Å². The second-order valence-electron chi connectivity index (χ2n) is 9.94. The molecule has 0 aliphatic heterocycles. The minimum absolute atomic E-state index is 0.651. The van der Waals surface area contributed by atoms with Gasteiger partial charge in [0.05, 0.1) is 22.8 Å². The molecule has 9 heteroatoms. The molecule has 0 atom stereocenters. The molecule has 0 aromatic carbocycles. The van der Waals surface area contributed by atoms with Crippen LogP contribution in [0.4, 0.5) is 0 Å². The number of H-pyrrole nitrogens is 2. The van der Waals surface area contributed by atoms with Gasteiger partial charge in [-0.2, -0.15) is 5.10 Å². The molecule has 0 bridgehead atoms. The van der Waals surface area contributed by atoms with E-state index in [1.165, 1.54) is 31.2 Å². The number of nitrogens with zero attached hydrogens (tertiary/aromatic N) is 6. The molecule has 1 fully saturated rings. The van der Waals surface area contributed by atoms with Gasteiger partial charge < -0.3 is 10.3 Å². The minimum atomic E-state index is 0.651. The SMILES string of the molecule is c1ccc(-c2cncc3[nH]c(-c4n[nH]c5ncc(-c6cncc(CNCC7CCCC7)c6)cc45)nc23)nc1. The molecule has 0 saturated heterocycles. The molecular weight excluding hydrogens is 474 g/mol. The predicted octanol–water partition coefficient (Wildman–Crippen LogP) is 5.30. The fraction of sp³-hybridized carbons (Fsp3) is 0.241. The van der Waals surface area contributed by atoms with Gasteiger partial charge in [0.2, 0.25) is 0 Å². The maximum atomic E-state index is 4.90. The summed E-state index contributed by atoms with van der Waals surface area (Å²) < 4.78 is 0. The third kappa shape index (κ3) is 4.31. The number of nitrogens with one attached hydrogen (secondary N) is 3. The van der Waals surface area contributed by atoms with E-state index in [1.54, 1.807) is 18.6 Å². The maximum absolute atomic E-state index is 4.90. The number of aromatic amines is 2. The summed E-state index contributed by atoms with van der Waals surface area (Å²) in [5, 5.41) is 12.1. The van der Waals surface area contributed by atoms with E-state index in [2.05, 4.69) is 52.6 Å². The lowest BCUT2D eigenvalue weighted by Crippen LogP contribution is -2.20. The van der Waals surface area contributed by atoms with Crippen molar-refractivity contribution in [3.63, 3.8) is 0 Å². The van der Waals surface area contributed by atoms with Crippen LogP contribution in [0.1, 0.15) is 31.2 Å². The first kappa shape index (κ1) is 22.7. The first-order chi connectivity index (χ1) is 18.8. The Morgan fingerprint density at radius 2 is 1.82 bits per heavy atom. The topological polar surface area (TPSA) is 121 Å². The normalized spacial score (nSPS) is 14.1. The van der Waals surface area contributed by atoms with E-state index in [4.69, 9.17) is 4.98 Å². The minimum Gasteiger partial charge on any atom is -0.335 e. The zero-order valence-electron chi connectivity index (χ0n) is 20.9. The molecule has 9 nitrogen and oxygen atoms in total. The Kier molecular flexibility index (Phi) is 5.82. The number of hydrogen-bond acceptors (Lipinski definition) is 7. The van der Waals surface area contributed by atoms with Gasteiger partial charge in [0.25, 0.3) is 0 Å². The Balaban J connectivity index is 1.20. The molecule has 3 N–H and O–H groups in total. The Morgan fingerprint density at radius 3 is 2.71 bits per heavy atom. The van der Waals surface area contributed by atoms with Crippen LogP contribution in [-0.4, -0.2) is 46.6 Å². The molecule has 0 amide bonds. The van der Waals surface area contributed by atoms with Crippen molar-refractivity contribution in [3.05, 3.63) is 73.1 Å². The predicted molar refractivity (Wildman–Crippen MR) is 147 cm³/mol. The Morgan fingerprint density at radius 1 is 0.921 bits per heavy atom. The first-order valence-corrected chi connectivity index (χ1v) is 13.1. The number of hydrogen-bond donors (Lipinski definition) is 3. The van der Waals surface area contributed by atoms with Gasteiger partial charge in [0.1, 0.15) is 11.2 Å². The van der Waals surface area contributed by atoms with Crippen molar-refractivity contribution in [2.24, 2.45) is 5.92 Å². The maximum Gasteiger partial charge on any atom is 0.159 e. The van der Waals surface area contributed by atoms with Crippen LogP contribution in [0.2, 0.25) is 0 Å². The van der Waals surface area contributed by atoms with E-state index < -0.39 is 0 Å². The third-order valence-electron chi connectivity index (χ3n) is 7.34. The average molecular weight is 502 g/mol. The lowest BCUT2D eigenvalue weighted by molar-refractivity contribution is 0.489. The molecule has 0 radical (unpaired) electrons. The number of aromatic nitrogens is 8. The number of pyridine rings is 4. The largest absolute Gasteiger partial charge is 0.335 e. The molecule has 0 unspecified atom stereocenters. The standard InChI is InChI=1S/C29H27N9/c1-2-6-18(5-1)11-30-12-19-9-20(14-31-13-19)21-10-22-27(37-38-28(22)34-15-21)29-35-25-17-32-16-23(26(25)36-29)24-7-3-4-8-33-24/h3-4,7-10,13-18,30H,1-2,5-6,11-12H2,(H,35,36)(H,34,37,38). The summed E-state index contributed by atoms with van der Waals surface area (Å²) in [5.74, 6) is 1.46. The van der Waals surface area contributed by atoms with Gasteiger partial charge in [-0.05, 0) is 55.1 Å². The van der Waals surface area contributed by atoms with Crippen molar-refractivity contribution in [1.82, 2.24) is 45.4 Å². The number of fused-ring (bicyclic) bond motifs is 2. The van der Waals surface area contributed by atoms with Crippen LogP contribution in [0.25, 0.3) is 56.0 Å². The van der Waals surface area contributed by atoms with E-state index in [1.807, 2.05) is 36.8 Å². The number of imidazole rings is 1. The quantitative estimate of drug-likeness (QED) is 0.271. The summed E-state index contributed by atoms with van der Waals surface area (Å²) in [6.45, 7) is 1.89. The van der Waals surface area contributed by atoms with Crippen LogP contribution >= 0.6 is 0 Å². The second-order valence-corrected chi connectivity index (χ2v) is 9.94. The summed E-state index contributed by atoms with van der Waals surface area (Å²) in [6, 6.07) is 10.1. The smallest absolute Gasteiger partial charge is 0.159 e. The highest BCUT2D eigenvalue weighted by Crippen LogP contribution is 2.31. The van der Waals surface area contributed by atoms with E-state index in [-0.39, 0.29) is 0 Å². The Labute approximate surface area is 219 Å². The van der Waals surface area contributed by atoms with Crippen molar-refractivity contribution < 1.29 is 0 Å². The summed E-state index contributed by atoms with van der Waals surface area (Å²) in [7, 11) is 0. The van der Waals surface area contributed by atoms with Crippen molar-refractivity contribution in [1.29, 1.82) is 0 Å². The van der Waals surface area contributed by atoms with E-state index in [9.17, 15) is 0 Å². The highest BCUT2D eigenvalue weighted by atomic mass is 15.2. The summed E-state index contributed by atoms with van der Waals surface area (Å²) >= 11 is 0. The highest BCUT2D eigenvalue weighted by Gasteiger charge is 2.17. The fourth-order valence-electron chi connectivity index (χ4n) is 5.37. The molecule has 1 aliphatic carbocycles. The van der Waals surface area contributed by atoms with Gasteiger partial charge in [-0.25, -0.2) is 9.97 Å². The molecule has 7 rings (SSSR count). The first-order valence-electron chi connectivity index (χ1n) is 13.1. The van der Waals surface area contributed by atoms with Crippen LogP contribution in [-0.2, 0) is 6.54 Å². The van der Waals surface area contributed by atoms with Crippen molar-refractivity contribution >= 4 is 22.1 Å². The molecular formula is C29H27N9. The molecule has 6 aromatic heterocycles. The fourth-order valence-corrected chi connectivity index (χ4v) is 5.37. The van der Waals surface area contributed by atoms with Crippen molar-refractivity contribution in [2.75, 3.05) is 6.54 Å². The van der Waals surface area contributed by atoms with Crippen LogP contribution in [0.3, 0.4) is 0 Å². The van der Waals surface area contributed by atoms with Gasteiger partial charge in [0, 0.05) is 54.2 Å². The lowest BCUT2D eigenvalue weighted by atomic mass is 10.1. The Bertz CT molecular complexity index is 1710. The highest BCUT2D eigenvalue weighted by molar-refractivity contribution is 5.96. The Hall–Kier alpha value is -4.50. The van der Waals surface area contributed by atoms with Crippen LogP contribution in [0, 0.1) is 5.92 Å². The summed E-state index contributed by atoms with van der Waals surface area (Å²) in [6.07, 6.45) is 16.4. The molecule has 6 heterocycles. The van der Waals surface area contributed by atoms with E-state index in [0.717, 1.165) is 57.8 Å². The molecule has 0 spiro atoms. The molecule has 38 heavy (non-hydrogen) atoms. The van der Waals surface area contributed by atoms with Crippen LogP contribution in [0.15, 0.2) is 67.5 Å². The second kappa shape index (κ2) is 9.75. The van der Waals surface area contributed by atoms with Gasteiger partial charge >= 0.3 is 0 Å². The van der Waals surface area contributed by atoms with Gasteiger partial charge in [-0.3, -0.25) is 20.1 Å². The molecule has 1 saturated carbocycles. The molecule has 188 valence electrons.